The first-order valence-electron chi connectivity index (χ1n) is 9.98. The van der Waals surface area contributed by atoms with Gasteiger partial charge in [-0.15, -0.1) is 11.3 Å². The van der Waals surface area contributed by atoms with E-state index >= 15 is 0 Å². The molecule has 1 aliphatic heterocycles. The van der Waals surface area contributed by atoms with Gasteiger partial charge in [-0.05, 0) is 55.0 Å². The van der Waals surface area contributed by atoms with Crippen LogP contribution in [0, 0.1) is 6.92 Å². The van der Waals surface area contributed by atoms with Crippen LogP contribution in [0.2, 0.25) is 0 Å². The molecule has 1 aliphatic rings. The van der Waals surface area contributed by atoms with Gasteiger partial charge in [0.1, 0.15) is 0 Å². The van der Waals surface area contributed by atoms with Gasteiger partial charge in [-0.2, -0.15) is 4.31 Å². The van der Waals surface area contributed by atoms with Gasteiger partial charge in [-0.1, -0.05) is 19.9 Å². The molecule has 29 heavy (non-hydrogen) atoms. The summed E-state index contributed by atoms with van der Waals surface area (Å²) < 4.78 is 27.3. The average molecular weight is 436 g/mol. The fourth-order valence-corrected chi connectivity index (χ4v) is 6.27. The minimum Gasteiger partial charge on any atom is -0.325 e. The van der Waals surface area contributed by atoms with Gasteiger partial charge in [0.2, 0.25) is 15.9 Å². The molecule has 0 saturated heterocycles. The molecule has 6 nitrogen and oxygen atoms in total. The predicted molar refractivity (Wildman–Crippen MR) is 118 cm³/mol. The van der Waals surface area contributed by atoms with Crippen molar-refractivity contribution in [2.24, 2.45) is 0 Å². The molecule has 0 aliphatic carbocycles. The van der Waals surface area contributed by atoms with Crippen molar-refractivity contribution in [1.82, 2.24) is 9.21 Å². The van der Waals surface area contributed by atoms with Crippen molar-refractivity contribution < 1.29 is 13.2 Å². The number of anilines is 1. The third-order valence-corrected chi connectivity index (χ3v) is 8.76. The number of nitrogens with zero attached hydrogens (tertiary/aromatic N) is 2. The Morgan fingerprint density at radius 2 is 2.00 bits per heavy atom. The lowest BCUT2D eigenvalue weighted by atomic mass is 10.1. The molecule has 8 heteroatoms. The Morgan fingerprint density at radius 3 is 2.69 bits per heavy atom. The SMILES string of the molecule is CCN(CC)S(=O)(=O)c1cc(NC(=O)C(C)N2CCc3sccc3C2)ccc1C. The molecular formula is C21H29N3O3S2. The van der Waals surface area contributed by atoms with Crippen LogP contribution in [-0.2, 0) is 27.8 Å². The van der Waals surface area contributed by atoms with E-state index in [0.29, 0.717) is 24.3 Å². The Bertz CT molecular complexity index is 981. The van der Waals surface area contributed by atoms with Crippen LogP contribution in [0.4, 0.5) is 5.69 Å². The summed E-state index contributed by atoms with van der Waals surface area (Å²) in [4.78, 5) is 16.6. The molecule has 1 amide bonds. The molecule has 3 rings (SSSR count). The lowest BCUT2D eigenvalue weighted by Gasteiger charge is -2.31. The molecule has 1 aromatic heterocycles. The van der Waals surface area contributed by atoms with Crippen LogP contribution in [0.25, 0.3) is 0 Å². The second kappa shape index (κ2) is 8.95. The Morgan fingerprint density at radius 1 is 1.28 bits per heavy atom. The number of hydrogen-bond acceptors (Lipinski definition) is 5. The molecule has 0 fully saturated rings. The topological polar surface area (TPSA) is 69.7 Å². The van der Waals surface area contributed by atoms with Crippen LogP contribution in [0.5, 0.6) is 0 Å². The van der Waals surface area contributed by atoms with E-state index in [2.05, 4.69) is 21.7 Å². The zero-order valence-electron chi connectivity index (χ0n) is 17.4. The van der Waals surface area contributed by atoms with E-state index in [-0.39, 0.29) is 16.8 Å². The van der Waals surface area contributed by atoms with Crippen LogP contribution in [0.3, 0.4) is 0 Å². The zero-order chi connectivity index (χ0) is 21.2. The Kier molecular flexibility index (Phi) is 6.78. The fraction of sp³-hybridized carbons (Fsp3) is 0.476. The van der Waals surface area contributed by atoms with E-state index in [1.165, 1.54) is 14.7 Å². The largest absolute Gasteiger partial charge is 0.325 e. The lowest BCUT2D eigenvalue weighted by molar-refractivity contribution is -0.121. The number of thiophene rings is 1. The molecule has 1 unspecified atom stereocenters. The minimum atomic E-state index is -3.59. The average Bonchev–Trinajstić information content (AvgIpc) is 3.17. The van der Waals surface area contributed by atoms with Gasteiger partial charge in [0.05, 0.1) is 10.9 Å². The molecule has 0 radical (unpaired) electrons. The summed E-state index contributed by atoms with van der Waals surface area (Å²) in [6.45, 7) is 9.74. The zero-order valence-corrected chi connectivity index (χ0v) is 19.1. The van der Waals surface area contributed by atoms with E-state index in [1.807, 2.05) is 20.8 Å². The molecule has 2 aromatic rings. The number of aryl methyl sites for hydroxylation is 1. The second-order valence-corrected chi connectivity index (χ2v) is 10.2. The summed E-state index contributed by atoms with van der Waals surface area (Å²) in [6, 6.07) is 6.90. The first-order chi connectivity index (χ1) is 13.8. The number of benzene rings is 1. The lowest BCUT2D eigenvalue weighted by Crippen LogP contribution is -2.44. The van der Waals surface area contributed by atoms with Crippen molar-refractivity contribution in [3.05, 3.63) is 45.6 Å². The molecular weight excluding hydrogens is 406 g/mol. The van der Waals surface area contributed by atoms with Crippen LogP contribution >= 0.6 is 11.3 Å². The van der Waals surface area contributed by atoms with E-state index < -0.39 is 10.0 Å². The maximum atomic E-state index is 12.9. The standard InChI is InChI=1S/C21H29N3O3S2/c1-5-24(6-2)29(26,27)20-13-18(8-7-15(20)3)22-21(25)16(4)23-11-9-19-17(14-23)10-12-28-19/h7-8,10,12-13,16H,5-6,9,11,14H2,1-4H3,(H,22,25). The number of nitrogens with one attached hydrogen (secondary N) is 1. The highest BCUT2D eigenvalue weighted by Gasteiger charge is 2.27. The summed E-state index contributed by atoms with van der Waals surface area (Å²) in [5.74, 6) is -0.126. The number of carbonyl (C=O) groups is 1. The Balaban J connectivity index is 1.76. The monoisotopic (exact) mass is 435 g/mol. The molecule has 1 atom stereocenters. The molecule has 0 saturated carbocycles. The van der Waals surface area contributed by atoms with Crippen LogP contribution in [0.1, 0.15) is 36.8 Å². The third kappa shape index (κ3) is 4.55. The molecule has 158 valence electrons. The van der Waals surface area contributed by atoms with Gasteiger partial charge in [0, 0.05) is 36.7 Å². The van der Waals surface area contributed by atoms with Crippen molar-refractivity contribution >= 4 is 33.0 Å². The van der Waals surface area contributed by atoms with Gasteiger partial charge < -0.3 is 5.32 Å². The van der Waals surface area contributed by atoms with Gasteiger partial charge in [-0.25, -0.2) is 8.42 Å². The first-order valence-corrected chi connectivity index (χ1v) is 12.3. The summed E-state index contributed by atoms with van der Waals surface area (Å²) in [5.41, 5.74) is 2.47. The second-order valence-electron chi connectivity index (χ2n) is 7.32. The molecule has 0 bridgehead atoms. The van der Waals surface area contributed by atoms with Crippen molar-refractivity contribution in [3.8, 4) is 0 Å². The van der Waals surface area contributed by atoms with E-state index in [0.717, 1.165) is 19.5 Å². The van der Waals surface area contributed by atoms with Crippen LogP contribution in [0.15, 0.2) is 34.5 Å². The van der Waals surface area contributed by atoms with Crippen molar-refractivity contribution in [2.45, 2.75) is 51.6 Å². The molecule has 0 spiro atoms. The number of amides is 1. The van der Waals surface area contributed by atoms with E-state index in [1.54, 1.807) is 36.5 Å². The molecule has 1 aromatic carbocycles. The summed E-state index contributed by atoms with van der Waals surface area (Å²) >= 11 is 1.77. The third-order valence-electron chi connectivity index (χ3n) is 5.54. The minimum absolute atomic E-state index is 0.126. The van der Waals surface area contributed by atoms with Gasteiger partial charge in [0.25, 0.3) is 0 Å². The van der Waals surface area contributed by atoms with Crippen LogP contribution < -0.4 is 5.32 Å². The maximum Gasteiger partial charge on any atom is 0.243 e. The molecule has 1 N–H and O–H groups in total. The number of carbonyl (C=O) groups excluding carboxylic acids is 1. The first kappa shape index (κ1) is 22.0. The maximum absolute atomic E-state index is 12.9. The van der Waals surface area contributed by atoms with E-state index in [9.17, 15) is 13.2 Å². The van der Waals surface area contributed by atoms with Crippen molar-refractivity contribution in [1.29, 1.82) is 0 Å². The highest BCUT2D eigenvalue weighted by atomic mass is 32.2. The number of rotatable bonds is 7. The normalized spacial score (nSPS) is 15.9. The van der Waals surface area contributed by atoms with Crippen molar-refractivity contribution in [2.75, 3.05) is 25.0 Å². The highest BCUT2D eigenvalue weighted by Crippen LogP contribution is 2.26. The predicted octanol–water partition coefficient (Wildman–Crippen LogP) is 3.47. The smallest absolute Gasteiger partial charge is 0.243 e. The highest BCUT2D eigenvalue weighted by molar-refractivity contribution is 7.89. The van der Waals surface area contributed by atoms with Crippen molar-refractivity contribution in [3.63, 3.8) is 0 Å². The quantitative estimate of drug-likeness (QED) is 0.723. The van der Waals surface area contributed by atoms with Gasteiger partial charge in [0.15, 0.2) is 0 Å². The van der Waals surface area contributed by atoms with Gasteiger partial charge in [-0.3, -0.25) is 9.69 Å². The van der Waals surface area contributed by atoms with Gasteiger partial charge >= 0.3 is 0 Å². The van der Waals surface area contributed by atoms with Crippen LogP contribution in [-0.4, -0.2) is 49.2 Å². The fourth-order valence-electron chi connectivity index (χ4n) is 3.67. The summed E-state index contributed by atoms with van der Waals surface area (Å²) in [6.07, 6.45) is 0.960. The number of sulfonamides is 1. The summed E-state index contributed by atoms with van der Waals surface area (Å²) in [5, 5.41) is 5.01. The number of fused-ring (bicyclic) bond motifs is 1. The Labute approximate surface area is 177 Å². The van der Waals surface area contributed by atoms with E-state index in [4.69, 9.17) is 0 Å². The Hall–Kier alpha value is -1.74. The molecule has 2 heterocycles. The number of hydrogen-bond donors (Lipinski definition) is 1. The summed E-state index contributed by atoms with van der Waals surface area (Å²) in [7, 11) is -3.59.